The Morgan fingerprint density at radius 1 is 1.00 bits per heavy atom. The van der Waals surface area contributed by atoms with Gasteiger partial charge >= 0.3 is 0 Å². The lowest BCUT2D eigenvalue weighted by Crippen LogP contribution is -2.52. The van der Waals surface area contributed by atoms with Gasteiger partial charge in [0, 0.05) is 18.4 Å². The smallest absolute Gasteiger partial charge is 0.249 e. The van der Waals surface area contributed by atoms with Crippen LogP contribution in [0.4, 0.5) is 0 Å². The molecule has 0 bridgehead atoms. The summed E-state index contributed by atoms with van der Waals surface area (Å²) in [7, 11) is 0. The second-order valence-electron chi connectivity index (χ2n) is 4.94. The first-order valence-corrected chi connectivity index (χ1v) is 6.99. The maximum Gasteiger partial charge on any atom is 0.249 e. The highest BCUT2D eigenvalue weighted by atomic mass is 16.3. The Bertz CT molecular complexity index is 695. The number of hydrogen-bond donors (Lipinski definition) is 3. The van der Waals surface area contributed by atoms with Gasteiger partial charge in [-0.15, -0.1) is 0 Å². The van der Waals surface area contributed by atoms with Crippen molar-refractivity contribution in [2.24, 2.45) is 11.5 Å². The number of rotatable bonds is 7. The van der Waals surface area contributed by atoms with E-state index in [1.165, 1.54) is 0 Å². The van der Waals surface area contributed by atoms with Gasteiger partial charge in [0.25, 0.3) is 0 Å². The molecule has 23 heavy (non-hydrogen) atoms. The number of hydrogen-bond acceptors (Lipinski definition) is 4. The van der Waals surface area contributed by atoms with Crippen molar-refractivity contribution in [3.8, 4) is 11.3 Å². The normalized spacial score (nSPS) is 10.5. The molecule has 0 unspecified atom stereocenters. The summed E-state index contributed by atoms with van der Waals surface area (Å²) in [5.74, 6) is -1.17. The topological polar surface area (TPSA) is 128 Å². The molecule has 2 rings (SSSR count). The van der Waals surface area contributed by atoms with Gasteiger partial charge in [-0.3, -0.25) is 14.4 Å². The molecule has 0 fully saturated rings. The van der Waals surface area contributed by atoms with Crippen LogP contribution in [0.25, 0.3) is 11.3 Å². The van der Waals surface area contributed by atoms with Gasteiger partial charge in [0.15, 0.2) is 6.04 Å². The summed E-state index contributed by atoms with van der Waals surface area (Å²) in [4.78, 5) is 33.7. The van der Waals surface area contributed by atoms with Crippen LogP contribution < -0.4 is 16.8 Å². The zero-order valence-electron chi connectivity index (χ0n) is 12.3. The minimum atomic E-state index is -1.50. The number of carbonyl (C=O) groups is 3. The number of carbonyl (C=O) groups excluding carboxylic acids is 3. The lowest BCUT2D eigenvalue weighted by Gasteiger charge is -2.11. The summed E-state index contributed by atoms with van der Waals surface area (Å²) < 4.78 is 5.66. The van der Waals surface area contributed by atoms with Crippen molar-refractivity contribution in [2.75, 3.05) is 0 Å². The van der Waals surface area contributed by atoms with Crippen LogP contribution in [-0.4, -0.2) is 23.8 Å². The van der Waals surface area contributed by atoms with Crippen LogP contribution in [0.1, 0.15) is 12.2 Å². The van der Waals surface area contributed by atoms with Crippen LogP contribution in [-0.2, 0) is 20.8 Å². The van der Waals surface area contributed by atoms with E-state index in [1.807, 2.05) is 36.4 Å². The second kappa shape index (κ2) is 7.26. The van der Waals surface area contributed by atoms with Gasteiger partial charge in [0.2, 0.25) is 17.7 Å². The summed E-state index contributed by atoms with van der Waals surface area (Å²) in [5, 5.41) is 2.19. The molecule has 0 aliphatic heterocycles. The fourth-order valence-corrected chi connectivity index (χ4v) is 2.02. The van der Waals surface area contributed by atoms with E-state index < -0.39 is 23.8 Å². The molecule has 7 nitrogen and oxygen atoms in total. The standard InChI is InChI=1S/C16H17N3O4/c17-15(21)14(16(18)22)19-13(20)9-7-11-6-8-12(23-11)10-4-2-1-3-5-10/h1-6,8,14H,7,9H2,(H2,17,21)(H2,18,22)(H,19,20). The van der Waals surface area contributed by atoms with Crippen LogP contribution in [0.2, 0.25) is 0 Å². The first kappa shape index (κ1) is 16.3. The summed E-state index contributed by atoms with van der Waals surface area (Å²) in [6.45, 7) is 0. The highest BCUT2D eigenvalue weighted by Gasteiger charge is 2.23. The minimum Gasteiger partial charge on any atom is -0.461 e. The number of nitrogens with two attached hydrogens (primary N) is 2. The van der Waals surface area contributed by atoms with Gasteiger partial charge in [-0.05, 0) is 12.1 Å². The van der Waals surface area contributed by atoms with Gasteiger partial charge in [-0.1, -0.05) is 30.3 Å². The van der Waals surface area contributed by atoms with E-state index in [0.717, 1.165) is 5.56 Å². The monoisotopic (exact) mass is 315 g/mol. The average Bonchev–Trinajstić information content (AvgIpc) is 3.00. The quantitative estimate of drug-likeness (QED) is 0.636. The van der Waals surface area contributed by atoms with E-state index in [4.69, 9.17) is 15.9 Å². The van der Waals surface area contributed by atoms with E-state index in [-0.39, 0.29) is 6.42 Å². The van der Waals surface area contributed by atoms with Crippen molar-refractivity contribution < 1.29 is 18.8 Å². The summed E-state index contributed by atoms with van der Waals surface area (Å²) in [5.41, 5.74) is 10.9. The number of aryl methyl sites for hydroxylation is 1. The lowest BCUT2D eigenvalue weighted by molar-refractivity contribution is -0.134. The number of benzene rings is 1. The Hall–Kier alpha value is -3.09. The zero-order valence-corrected chi connectivity index (χ0v) is 12.3. The van der Waals surface area contributed by atoms with Crippen molar-refractivity contribution in [1.29, 1.82) is 0 Å². The van der Waals surface area contributed by atoms with E-state index in [1.54, 1.807) is 6.07 Å². The summed E-state index contributed by atoms with van der Waals surface area (Å²) in [6, 6.07) is 11.6. The van der Waals surface area contributed by atoms with Crippen molar-refractivity contribution in [3.63, 3.8) is 0 Å². The van der Waals surface area contributed by atoms with Gasteiger partial charge < -0.3 is 21.2 Å². The number of nitrogens with one attached hydrogen (secondary N) is 1. The minimum absolute atomic E-state index is 0.0405. The molecule has 120 valence electrons. The van der Waals surface area contributed by atoms with E-state index in [2.05, 4.69) is 5.32 Å². The molecule has 0 spiro atoms. The van der Waals surface area contributed by atoms with Crippen LogP contribution in [0, 0.1) is 0 Å². The molecular formula is C16H17N3O4. The highest BCUT2D eigenvalue weighted by molar-refractivity contribution is 6.05. The molecule has 3 amide bonds. The Labute approximate surface area is 132 Å². The molecule has 0 radical (unpaired) electrons. The molecule has 0 aliphatic rings. The maximum absolute atomic E-state index is 11.7. The van der Waals surface area contributed by atoms with E-state index in [0.29, 0.717) is 17.9 Å². The second-order valence-corrected chi connectivity index (χ2v) is 4.94. The van der Waals surface area contributed by atoms with Crippen molar-refractivity contribution in [1.82, 2.24) is 5.32 Å². The summed E-state index contributed by atoms with van der Waals surface area (Å²) in [6.07, 6.45) is 0.363. The first-order valence-electron chi connectivity index (χ1n) is 6.99. The third-order valence-corrected chi connectivity index (χ3v) is 3.19. The zero-order chi connectivity index (χ0) is 16.8. The Kier molecular flexibility index (Phi) is 5.14. The number of amides is 3. The van der Waals surface area contributed by atoms with Crippen LogP contribution in [0.15, 0.2) is 46.9 Å². The van der Waals surface area contributed by atoms with Crippen LogP contribution in [0.5, 0.6) is 0 Å². The molecular weight excluding hydrogens is 298 g/mol. The SMILES string of the molecule is NC(=O)C(NC(=O)CCc1ccc(-c2ccccc2)o1)C(N)=O. The lowest BCUT2D eigenvalue weighted by atomic mass is 10.2. The molecule has 1 aromatic carbocycles. The molecule has 5 N–H and O–H groups in total. The largest absolute Gasteiger partial charge is 0.461 e. The molecule has 0 atom stereocenters. The number of furan rings is 1. The van der Waals surface area contributed by atoms with Gasteiger partial charge in [-0.25, -0.2) is 0 Å². The maximum atomic E-state index is 11.7. The predicted molar refractivity (Wildman–Crippen MR) is 82.8 cm³/mol. The fourth-order valence-electron chi connectivity index (χ4n) is 2.02. The van der Waals surface area contributed by atoms with Crippen molar-refractivity contribution >= 4 is 17.7 Å². The molecule has 0 aliphatic carbocycles. The Balaban J connectivity index is 1.91. The molecule has 2 aromatic rings. The third kappa shape index (κ3) is 4.44. The van der Waals surface area contributed by atoms with Crippen LogP contribution >= 0.6 is 0 Å². The highest BCUT2D eigenvalue weighted by Crippen LogP contribution is 2.22. The van der Waals surface area contributed by atoms with E-state index >= 15 is 0 Å². The van der Waals surface area contributed by atoms with Gasteiger partial charge in [0.05, 0.1) is 0 Å². The molecule has 7 heteroatoms. The molecule has 1 heterocycles. The molecule has 0 saturated heterocycles. The third-order valence-electron chi connectivity index (χ3n) is 3.19. The Morgan fingerprint density at radius 3 is 2.26 bits per heavy atom. The average molecular weight is 315 g/mol. The van der Waals surface area contributed by atoms with Crippen molar-refractivity contribution in [2.45, 2.75) is 18.9 Å². The first-order chi connectivity index (χ1) is 11.0. The van der Waals surface area contributed by atoms with Crippen molar-refractivity contribution in [3.05, 3.63) is 48.2 Å². The van der Waals surface area contributed by atoms with Gasteiger partial charge in [-0.2, -0.15) is 0 Å². The Morgan fingerprint density at radius 2 is 1.65 bits per heavy atom. The predicted octanol–water partition coefficient (Wildman–Crippen LogP) is 0.335. The van der Waals surface area contributed by atoms with Gasteiger partial charge in [0.1, 0.15) is 11.5 Å². The van der Waals surface area contributed by atoms with Crippen LogP contribution in [0.3, 0.4) is 0 Å². The van der Waals surface area contributed by atoms with E-state index in [9.17, 15) is 14.4 Å². The fraction of sp³-hybridized carbons (Fsp3) is 0.188. The summed E-state index contributed by atoms with van der Waals surface area (Å²) >= 11 is 0. The molecule has 1 aromatic heterocycles. The number of primary amides is 2. The molecule has 0 saturated carbocycles.